The van der Waals surface area contributed by atoms with E-state index in [-0.39, 0.29) is 12.4 Å². The van der Waals surface area contributed by atoms with E-state index in [4.69, 9.17) is 10.9 Å². The second-order valence-corrected chi connectivity index (χ2v) is 3.29. The van der Waals surface area contributed by atoms with Crippen LogP contribution < -0.4 is 5.73 Å². The summed E-state index contributed by atoms with van der Waals surface area (Å²) in [5, 5.41) is 11.1. The Balaban J connectivity index is 4.51. The number of hydrogen-bond acceptors (Lipinski definition) is 3. The average Bonchev–Trinajstić information content (AvgIpc) is 2.13. The number of nitrogens with zero attached hydrogens (tertiary/aromatic N) is 2. The molecule has 0 saturated heterocycles. The van der Waals surface area contributed by atoms with Crippen LogP contribution in [0.25, 0.3) is 0 Å². The van der Waals surface area contributed by atoms with Crippen molar-refractivity contribution in [1.29, 1.82) is 0 Å². The molecule has 0 radical (unpaired) electrons. The number of oxime groups is 1. The lowest BCUT2D eigenvalue weighted by Gasteiger charge is -2.28. The third kappa shape index (κ3) is 5.46. The third-order valence-corrected chi connectivity index (χ3v) is 1.98. The molecular formula is C8H16F3N3O. The van der Waals surface area contributed by atoms with Gasteiger partial charge in [0.2, 0.25) is 0 Å². The molecule has 0 aliphatic rings. The van der Waals surface area contributed by atoms with Gasteiger partial charge in [-0.15, -0.1) is 0 Å². The van der Waals surface area contributed by atoms with E-state index in [9.17, 15) is 13.2 Å². The molecule has 0 aliphatic heterocycles. The Morgan fingerprint density at radius 1 is 1.53 bits per heavy atom. The van der Waals surface area contributed by atoms with Gasteiger partial charge in [0.25, 0.3) is 0 Å². The lowest BCUT2D eigenvalue weighted by molar-refractivity contribution is -0.147. The van der Waals surface area contributed by atoms with Crippen LogP contribution in [0.3, 0.4) is 0 Å². The summed E-state index contributed by atoms with van der Waals surface area (Å²) in [4.78, 5) is 1.12. The molecule has 0 aromatic heterocycles. The Labute approximate surface area is 86.5 Å². The van der Waals surface area contributed by atoms with Crippen molar-refractivity contribution in [3.8, 4) is 0 Å². The fourth-order valence-corrected chi connectivity index (χ4v) is 1.20. The van der Waals surface area contributed by atoms with Crippen LogP contribution in [-0.2, 0) is 0 Å². The lowest BCUT2D eigenvalue weighted by Crippen LogP contribution is -2.47. The largest absolute Gasteiger partial charge is 0.409 e. The second-order valence-electron chi connectivity index (χ2n) is 3.29. The van der Waals surface area contributed by atoms with E-state index >= 15 is 0 Å². The zero-order valence-corrected chi connectivity index (χ0v) is 8.75. The van der Waals surface area contributed by atoms with Crippen LogP contribution in [0.2, 0.25) is 0 Å². The van der Waals surface area contributed by atoms with Crippen molar-refractivity contribution in [2.45, 2.75) is 32.5 Å². The SMILES string of the molecule is CCCN(CC(F)(F)F)C(C)C(N)=NO. The lowest BCUT2D eigenvalue weighted by atomic mass is 10.2. The average molecular weight is 227 g/mol. The molecule has 4 nitrogen and oxygen atoms in total. The summed E-state index contributed by atoms with van der Waals surface area (Å²) in [7, 11) is 0. The van der Waals surface area contributed by atoms with Gasteiger partial charge in [0.15, 0.2) is 5.84 Å². The summed E-state index contributed by atoms with van der Waals surface area (Å²) in [6, 6.07) is -0.725. The van der Waals surface area contributed by atoms with Gasteiger partial charge in [-0.2, -0.15) is 13.2 Å². The van der Waals surface area contributed by atoms with E-state index in [0.717, 1.165) is 4.90 Å². The molecule has 0 rings (SSSR count). The molecule has 1 atom stereocenters. The van der Waals surface area contributed by atoms with Gasteiger partial charge in [-0.1, -0.05) is 12.1 Å². The van der Waals surface area contributed by atoms with Crippen molar-refractivity contribution >= 4 is 5.84 Å². The van der Waals surface area contributed by atoms with Gasteiger partial charge in [-0.25, -0.2) is 0 Å². The molecule has 0 aromatic carbocycles. The van der Waals surface area contributed by atoms with Gasteiger partial charge < -0.3 is 10.9 Å². The quantitative estimate of drug-likeness (QED) is 0.323. The number of alkyl halides is 3. The second kappa shape index (κ2) is 5.79. The minimum absolute atomic E-state index is 0.215. The van der Waals surface area contributed by atoms with Gasteiger partial charge in [0.1, 0.15) is 0 Å². The zero-order valence-electron chi connectivity index (χ0n) is 8.75. The monoisotopic (exact) mass is 227 g/mol. The van der Waals surface area contributed by atoms with Crippen molar-refractivity contribution < 1.29 is 18.4 Å². The highest BCUT2D eigenvalue weighted by atomic mass is 19.4. The summed E-state index contributed by atoms with van der Waals surface area (Å²) in [5.41, 5.74) is 5.26. The normalized spacial score (nSPS) is 15.7. The van der Waals surface area contributed by atoms with Crippen LogP contribution in [-0.4, -0.2) is 41.3 Å². The fourth-order valence-electron chi connectivity index (χ4n) is 1.20. The number of amidine groups is 1. The molecule has 0 spiro atoms. The predicted octanol–water partition coefficient (Wildman–Crippen LogP) is 1.40. The standard InChI is InChI=1S/C8H16F3N3O/c1-3-4-14(5-8(9,10)11)6(2)7(12)13-15/h6,15H,3-5H2,1-2H3,(H2,12,13). The highest BCUT2D eigenvalue weighted by molar-refractivity contribution is 5.84. The first-order chi connectivity index (χ1) is 6.81. The number of nitrogens with two attached hydrogens (primary N) is 1. The van der Waals surface area contributed by atoms with Gasteiger partial charge in [0, 0.05) is 0 Å². The van der Waals surface area contributed by atoms with E-state index in [1.54, 1.807) is 6.92 Å². The van der Waals surface area contributed by atoms with Gasteiger partial charge in [-0.05, 0) is 19.9 Å². The smallest absolute Gasteiger partial charge is 0.401 e. The Hall–Kier alpha value is -0.980. The maximum Gasteiger partial charge on any atom is 0.401 e. The molecule has 0 saturated carbocycles. The van der Waals surface area contributed by atoms with E-state index in [1.807, 2.05) is 0 Å². The summed E-state index contributed by atoms with van der Waals surface area (Å²) < 4.78 is 36.5. The minimum atomic E-state index is -4.28. The van der Waals surface area contributed by atoms with Crippen molar-refractivity contribution in [3.05, 3.63) is 0 Å². The molecule has 90 valence electrons. The van der Waals surface area contributed by atoms with Gasteiger partial charge >= 0.3 is 6.18 Å². The van der Waals surface area contributed by atoms with Crippen LogP contribution in [0.5, 0.6) is 0 Å². The molecule has 0 bridgehead atoms. The molecule has 0 aromatic rings. The topological polar surface area (TPSA) is 61.8 Å². The Morgan fingerprint density at radius 3 is 2.40 bits per heavy atom. The molecular weight excluding hydrogens is 211 g/mol. The van der Waals surface area contributed by atoms with E-state index in [1.165, 1.54) is 6.92 Å². The summed E-state index contributed by atoms with van der Waals surface area (Å²) >= 11 is 0. The highest BCUT2D eigenvalue weighted by Gasteiger charge is 2.33. The van der Waals surface area contributed by atoms with Crippen molar-refractivity contribution in [2.75, 3.05) is 13.1 Å². The predicted molar refractivity (Wildman–Crippen MR) is 50.8 cm³/mol. The Bertz CT molecular complexity index is 218. The third-order valence-electron chi connectivity index (χ3n) is 1.98. The maximum atomic E-state index is 12.2. The van der Waals surface area contributed by atoms with E-state index < -0.39 is 18.8 Å². The first-order valence-electron chi connectivity index (χ1n) is 4.60. The molecule has 0 amide bonds. The first-order valence-corrected chi connectivity index (χ1v) is 4.60. The zero-order chi connectivity index (χ0) is 12.1. The van der Waals surface area contributed by atoms with E-state index in [2.05, 4.69) is 5.16 Å². The molecule has 0 fully saturated rings. The minimum Gasteiger partial charge on any atom is -0.409 e. The molecule has 0 aliphatic carbocycles. The summed E-state index contributed by atoms with van der Waals surface area (Å²) in [5.74, 6) is -0.215. The van der Waals surface area contributed by atoms with Crippen LogP contribution in [0.15, 0.2) is 5.16 Å². The van der Waals surface area contributed by atoms with Gasteiger partial charge in [-0.3, -0.25) is 4.90 Å². The molecule has 15 heavy (non-hydrogen) atoms. The molecule has 3 N–H and O–H groups in total. The van der Waals surface area contributed by atoms with Crippen LogP contribution in [0, 0.1) is 0 Å². The summed E-state index contributed by atoms with van der Waals surface area (Å²) in [6.45, 7) is 2.42. The fraction of sp³-hybridized carbons (Fsp3) is 0.875. The Kier molecular flexibility index (Phi) is 5.41. The molecule has 1 unspecified atom stereocenters. The number of rotatable bonds is 5. The molecule has 7 heteroatoms. The van der Waals surface area contributed by atoms with Crippen LogP contribution in [0.1, 0.15) is 20.3 Å². The van der Waals surface area contributed by atoms with E-state index in [0.29, 0.717) is 6.42 Å². The van der Waals surface area contributed by atoms with Crippen molar-refractivity contribution in [1.82, 2.24) is 4.90 Å². The first kappa shape index (κ1) is 14.0. The van der Waals surface area contributed by atoms with Crippen LogP contribution >= 0.6 is 0 Å². The highest BCUT2D eigenvalue weighted by Crippen LogP contribution is 2.18. The van der Waals surface area contributed by atoms with Gasteiger partial charge in [0.05, 0.1) is 12.6 Å². The van der Waals surface area contributed by atoms with Crippen molar-refractivity contribution in [3.63, 3.8) is 0 Å². The number of halogens is 3. The maximum absolute atomic E-state index is 12.2. The molecule has 0 heterocycles. The van der Waals surface area contributed by atoms with Crippen LogP contribution in [0.4, 0.5) is 13.2 Å². The van der Waals surface area contributed by atoms with Crippen molar-refractivity contribution in [2.24, 2.45) is 10.9 Å². The number of hydrogen-bond donors (Lipinski definition) is 2. The summed E-state index contributed by atoms with van der Waals surface area (Å²) in [6.07, 6.45) is -3.71. The Morgan fingerprint density at radius 2 is 2.07 bits per heavy atom.